The summed E-state index contributed by atoms with van der Waals surface area (Å²) in [5, 5.41) is 3.27. The Labute approximate surface area is 96.4 Å². The number of hydrogen-bond acceptors (Lipinski definition) is 4. The molecule has 4 heteroatoms. The Bertz CT molecular complexity index is 333. The first-order valence-electron chi connectivity index (χ1n) is 5.76. The number of nitrogens with one attached hydrogen (secondary N) is 1. The van der Waals surface area contributed by atoms with Gasteiger partial charge in [0.05, 0.1) is 6.61 Å². The Balaban J connectivity index is 1.83. The van der Waals surface area contributed by atoms with Crippen molar-refractivity contribution in [3.63, 3.8) is 0 Å². The highest BCUT2D eigenvalue weighted by Gasteiger charge is 2.41. The molecule has 1 fully saturated rings. The summed E-state index contributed by atoms with van der Waals surface area (Å²) in [7, 11) is 1.70. The second kappa shape index (κ2) is 4.89. The molecule has 0 radical (unpaired) electrons. The molecular formula is C12H19N3O. The molecule has 1 aromatic rings. The summed E-state index contributed by atoms with van der Waals surface area (Å²) in [5.41, 5.74) is 1.39. The predicted octanol–water partition coefficient (Wildman–Crippen LogP) is 1.26. The Morgan fingerprint density at radius 2 is 2.06 bits per heavy atom. The lowest BCUT2D eigenvalue weighted by molar-refractivity contribution is 0.199. The van der Waals surface area contributed by atoms with Crippen LogP contribution in [0.1, 0.15) is 31.2 Å². The summed E-state index contributed by atoms with van der Waals surface area (Å²) in [6, 6.07) is 0. The van der Waals surface area contributed by atoms with Gasteiger partial charge >= 0.3 is 0 Å². The summed E-state index contributed by atoms with van der Waals surface area (Å²) >= 11 is 0. The Kier molecular flexibility index (Phi) is 3.51. The topological polar surface area (TPSA) is 47.0 Å². The van der Waals surface area contributed by atoms with Gasteiger partial charge in [0.2, 0.25) is 0 Å². The fraction of sp³-hybridized carbons (Fsp3) is 0.667. The summed E-state index contributed by atoms with van der Waals surface area (Å²) in [6.07, 6.45) is 6.29. The van der Waals surface area contributed by atoms with Gasteiger partial charge in [0, 0.05) is 43.6 Å². The molecular weight excluding hydrogens is 202 g/mol. The van der Waals surface area contributed by atoms with Gasteiger partial charge in [0.15, 0.2) is 0 Å². The molecule has 2 rings (SSSR count). The predicted molar refractivity (Wildman–Crippen MR) is 62.2 cm³/mol. The van der Waals surface area contributed by atoms with Crippen LogP contribution in [0, 0.1) is 0 Å². The van der Waals surface area contributed by atoms with E-state index < -0.39 is 0 Å². The van der Waals surface area contributed by atoms with Crippen molar-refractivity contribution < 1.29 is 4.74 Å². The number of aromatic nitrogens is 2. The molecule has 1 aliphatic rings. The minimum Gasteiger partial charge on any atom is -0.383 e. The van der Waals surface area contributed by atoms with Crippen molar-refractivity contribution in [3.8, 4) is 0 Å². The number of hydrogen-bond donors (Lipinski definition) is 1. The van der Waals surface area contributed by atoms with Gasteiger partial charge in [-0.1, -0.05) is 6.92 Å². The van der Waals surface area contributed by atoms with Crippen molar-refractivity contribution in [2.24, 2.45) is 0 Å². The fourth-order valence-corrected chi connectivity index (χ4v) is 1.58. The Morgan fingerprint density at radius 1 is 1.38 bits per heavy atom. The van der Waals surface area contributed by atoms with Crippen LogP contribution in [-0.2, 0) is 16.7 Å². The molecule has 1 aliphatic carbocycles. The van der Waals surface area contributed by atoms with Crippen LogP contribution in [0.2, 0.25) is 0 Å². The van der Waals surface area contributed by atoms with Crippen molar-refractivity contribution in [2.45, 2.75) is 31.7 Å². The summed E-state index contributed by atoms with van der Waals surface area (Å²) < 4.78 is 4.96. The molecule has 1 N–H and O–H groups in total. The number of nitrogens with zero attached hydrogens (tertiary/aromatic N) is 2. The maximum atomic E-state index is 4.96. The van der Waals surface area contributed by atoms with Crippen LogP contribution >= 0.6 is 0 Å². The highest BCUT2D eigenvalue weighted by Crippen LogP contribution is 2.45. The first kappa shape index (κ1) is 11.5. The zero-order valence-corrected chi connectivity index (χ0v) is 9.99. The third kappa shape index (κ3) is 2.77. The number of methoxy groups -OCH3 is 1. The molecule has 0 bridgehead atoms. The molecule has 0 amide bonds. The normalized spacial score (nSPS) is 17.4. The monoisotopic (exact) mass is 221 g/mol. The van der Waals surface area contributed by atoms with Crippen LogP contribution in [0.3, 0.4) is 0 Å². The van der Waals surface area contributed by atoms with Crippen LogP contribution < -0.4 is 5.32 Å². The molecule has 1 heterocycles. The molecule has 0 unspecified atom stereocenters. The zero-order chi connectivity index (χ0) is 11.4. The van der Waals surface area contributed by atoms with Crippen LogP contribution in [0.25, 0.3) is 0 Å². The molecule has 0 atom stereocenters. The zero-order valence-electron chi connectivity index (χ0n) is 9.99. The van der Waals surface area contributed by atoms with E-state index in [0.29, 0.717) is 0 Å². The standard InChI is InChI=1S/C12H19N3O/c1-12(3-4-12)11-14-8-10(9-15-11)7-13-5-6-16-2/h8-9,13H,3-7H2,1-2H3. The van der Waals surface area contributed by atoms with Crippen molar-refractivity contribution >= 4 is 0 Å². The highest BCUT2D eigenvalue weighted by molar-refractivity contribution is 5.17. The van der Waals surface area contributed by atoms with E-state index in [1.807, 2.05) is 12.4 Å². The van der Waals surface area contributed by atoms with E-state index in [4.69, 9.17) is 4.74 Å². The largest absolute Gasteiger partial charge is 0.383 e. The maximum Gasteiger partial charge on any atom is 0.134 e. The summed E-state index contributed by atoms with van der Waals surface area (Å²) in [6.45, 7) is 4.62. The molecule has 0 spiro atoms. The molecule has 1 saturated carbocycles. The van der Waals surface area contributed by atoms with Gasteiger partial charge in [-0.25, -0.2) is 9.97 Å². The molecule has 0 saturated heterocycles. The lowest BCUT2D eigenvalue weighted by Gasteiger charge is -2.07. The van der Waals surface area contributed by atoms with Crippen molar-refractivity contribution in [3.05, 3.63) is 23.8 Å². The van der Waals surface area contributed by atoms with Gasteiger partial charge in [0.1, 0.15) is 5.82 Å². The first-order chi connectivity index (χ1) is 7.74. The smallest absolute Gasteiger partial charge is 0.134 e. The molecule has 4 nitrogen and oxygen atoms in total. The van der Waals surface area contributed by atoms with Gasteiger partial charge in [-0.15, -0.1) is 0 Å². The molecule has 1 aromatic heterocycles. The Morgan fingerprint density at radius 3 is 2.62 bits per heavy atom. The SMILES string of the molecule is COCCNCc1cnc(C2(C)CC2)nc1. The minimum atomic E-state index is 0.266. The maximum absolute atomic E-state index is 4.96. The molecule has 0 aromatic carbocycles. The average molecular weight is 221 g/mol. The lowest BCUT2D eigenvalue weighted by atomic mass is 10.1. The van der Waals surface area contributed by atoms with E-state index in [1.54, 1.807) is 7.11 Å². The van der Waals surface area contributed by atoms with E-state index in [1.165, 1.54) is 12.8 Å². The Hall–Kier alpha value is -1.00. The molecule has 88 valence electrons. The summed E-state index contributed by atoms with van der Waals surface area (Å²) in [4.78, 5) is 8.86. The fourth-order valence-electron chi connectivity index (χ4n) is 1.58. The van der Waals surface area contributed by atoms with Gasteiger partial charge in [-0.2, -0.15) is 0 Å². The van der Waals surface area contributed by atoms with Gasteiger partial charge < -0.3 is 10.1 Å². The van der Waals surface area contributed by atoms with Gasteiger partial charge in [-0.3, -0.25) is 0 Å². The van der Waals surface area contributed by atoms with Crippen LogP contribution in [0.15, 0.2) is 12.4 Å². The minimum absolute atomic E-state index is 0.266. The quantitative estimate of drug-likeness (QED) is 0.735. The molecule has 16 heavy (non-hydrogen) atoms. The van der Waals surface area contributed by atoms with Crippen LogP contribution in [0.5, 0.6) is 0 Å². The lowest BCUT2D eigenvalue weighted by Crippen LogP contribution is -2.19. The van der Waals surface area contributed by atoms with Crippen molar-refractivity contribution in [2.75, 3.05) is 20.3 Å². The molecule has 0 aliphatic heterocycles. The van der Waals surface area contributed by atoms with Gasteiger partial charge in [-0.05, 0) is 12.8 Å². The van der Waals surface area contributed by atoms with Crippen molar-refractivity contribution in [1.82, 2.24) is 15.3 Å². The van der Waals surface area contributed by atoms with E-state index in [2.05, 4.69) is 22.2 Å². The van der Waals surface area contributed by atoms with E-state index in [9.17, 15) is 0 Å². The third-order valence-electron chi connectivity index (χ3n) is 3.06. The first-order valence-corrected chi connectivity index (χ1v) is 5.76. The van der Waals surface area contributed by atoms with Crippen LogP contribution in [-0.4, -0.2) is 30.2 Å². The van der Waals surface area contributed by atoms with E-state index in [-0.39, 0.29) is 5.41 Å². The number of ether oxygens (including phenoxy) is 1. The second-order valence-corrected chi connectivity index (χ2v) is 4.65. The average Bonchev–Trinajstić information content (AvgIpc) is 3.05. The van der Waals surface area contributed by atoms with Gasteiger partial charge in [0.25, 0.3) is 0 Å². The second-order valence-electron chi connectivity index (χ2n) is 4.65. The summed E-state index contributed by atoms with van der Waals surface area (Å²) in [5.74, 6) is 0.994. The van der Waals surface area contributed by atoms with Crippen molar-refractivity contribution in [1.29, 1.82) is 0 Å². The van der Waals surface area contributed by atoms with Crippen LogP contribution in [0.4, 0.5) is 0 Å². The van der Waals surface area contributed by atoms with E-state index in [0.717, 1.165) is 31.1 Å². The third-order valence-corrected chi connectivity index (χ3v) is 3.06. The van der Waals surface area contributed by atoms with E-state index >= 15 is 0 Å². The highest BCUT2D eigenvalue weighted by atomic mass is 16.5. The number of rotatable bonds is 6.